The number of hydrogen-bond donors (Lipinski definition) is 1. The molecular weight excluding hydrogens is 280 g/mol. The largest absolute Gasteiger partial charge is 0.387 e. The molecule has 0 aliphatic rings. The minimum atomic E-state index is -0.361. The molecule has 1 N–H and O–H groups in total. The highest BCUT2D eigenvalue weighted by Crippen LogP contribution is 2.28. The third kappa shape index (κ3) is 2.45. The van der Waals surface area contributed by atoms with Crippen LogP contribution < -0.4 is 0 Å². The predicted octanol–water partition coefficient (Wildman–Crippen LogP) is 3.85. The van der Waals surface area contributed by atoms with Crippen LogP contribution in [0.4, 0.5) is 0 Å². The quantitative estimate of drug-likeness (QED) is 0.910. The third-order valence-electron chi connectivity index (χ3n) is 1.89. The molecule has 0 aliphatic carbocycles. The van der Waals surface area contributed by atoms with Crippen molar-refractivity contribution in [2.75, 3.05) is 0 Å². The number of halogens is 1. The van der Waals surface area contributed by atoms with E-state index < -0.39 is 0 Å². The SMILES string of the molecule is OC(Cc1ccc(Br)s1)c1cccs1. The normalized spacial score (nSPS) is 13.0. The second-order valence-corrected chi connectivity index (χ2v) is 6.47. The molecular formula is C10H9BrOS2. The van der Waals surface area contributed by atoms with Crippen LogP contribution in [0.1, 0.15) is 15.9 Å². The Morgan fingerprint density at radius 2 is 2.21 bits per heavy atom. The minimum Gasteiger partial charge on any atom is -0.387 e. The maximum atomic E-state index is 9.87. The summed E-state index contributed by atoms with van der Waals surface area (Å²) in [5.41, 5.74) is 0. The first kappa shape index (κ1) is 10.4. The first-order valence-electron chi connectivity index (χ1n) is 4.21. The highest BCUT2D eigenvalue weighted by Gasteiger charge is 2.10. The molecule has 1 nitrogen and oxygen atoms in total. The fourth-order valence-corrected chi connectivity index (χ4v) is 3.47. The highest BCUT2D eigenvalue weighted by atomic mass is 79.9. The maximum absolute atomic E-state index is 9.87. The summed E-state index contributed by atoms with van der Waals surface area (Å²) in [6.45, 7) is 0. The molecule has 0 aromatic carbocycles. The summed E-state index contributed by atoms with van der Waals surface area (Å²) >= 11 is 6.68. The Bertz CT molecular complexity index is 394. The zero-order chi connectivity index (χ0) is 9.97. The molecule has 1 unspecified atom stereocenters. The van der Waals surface area contributed by atoms with E-state index in [0.29, 0.717) is 6.42 Å². The predicted molar refractivity (Wildman–Crippen MR) is 65.0 cm³/mol. The van der Waals surface area contributed by atoms with E-state index >= 15 is 0 Å². The van der Waals surface area contributed by atoms with Crippen molar-refractivity contribution in [3.63, 3.8) is 0 Å². The smallest absolute Gasteiger partial charge is 0.0930 e. The highest BCUT2D eigenvalue weighted by molar-refractivity contribution is 9.11. The molecule has 74 valence electrons. The molecule has 4 heteroatoms. The van der Waals surface area contributed by atoms with Crippen LogP contribution in [0.2, 0.25) is 0 Å². The van der Waals surface area contributed by atoms with Crippen LogP contribution in [0.3, 0.4) is 0 Å². The molecule has 0 spiro atoms. The zero-order valence-corrected chi connectivity index (χ0v) is 10.5. The molecule has 2 heterocycles. The van der Waals surface area contributed by atoms with Crippen LogP contribution in [-0.2, 0) is 6.42 Å². The summed E-state index contributed by atoms with van der Waals surface area (Å²) in [7, 11) is 0. The Morgan fingerprint density at radius 1 is 1.36 bits per heavy atom. The second kappa shape index (κ2) is 4.57. The lowest BCUT2D eigenvalue weighted by atomic mass is 10.2. The second-order valence-electron chi connectivity index (χ2n) is 2.94. The van der Waals surface area contributed by atoms with Gasteiger partial charge < -0.3 is 5.11 Å². The standard InChI is InChI=1S/C10H9BrOS2/c11-10-4-3-7(14-10)6-8(12)9-2-1-5-13-9/h1-5,8,12H,6H2. The van der Waals surface area contributed by atoms with Crippen LogP contribution in [0.5, 0.6) is 0 Å². The summed E-state index contributed by atoms with van der Waals surface area (Å²) in [6, 6.07) is 8.00. The number of rotatable bonds is 3. The Morgan fingerprint density at radius 3 is 2.79 bits per heavy atom. The van der Waals surface area contributed by atoms with E-state index in [1.165, 1.54) is 4.88 Å². The van der Waals surface area contributed by atoms with E-state index in [1.54, 1.807) is 22.7 Å². The van der Waals surface area contributed by atoms with Gasteiger partial charge in [-0.1, -0.05) is 6.07 Å². The van der Waals surface area contributed by atoms with Crippen molar-refractivity contribution in [3.8, 4) is 0 Å². The zero-order valence-electron chi connectivity index (χ0n) is 7.31. The van der Waals surface area contributed by atoms with Gasteiger partial charge in [-0.3, -0.25) is 0 Å². The van der Waals surface area contributed by atoms with Gasteiger partial charge in [0.2, 0.25) is 0 Å². The van der Waals surface area contributed by atoms with Crippen molar-refractivity contribution < 1.29 is 5.11 Å². The van der Waals surface area contributed by atoms with Gasteiger partial charge in [-0.2, -0.15) is 0 Å². The van der Waals surface area contributed by atoms with E-state index in [-0.39, 0.29) is 6.10 Å². The van der Waals surface area contributed by atoms with Gasteiger partial charge in [-0.05, 0) is 39.5 Å². The van der Waals surface area contributed by atoms with Crippen molar-refractivity contribution in [1.82, 2.24) is 0 Å². The number of aliphatic hydroxyl groups excluding tert-OH is 1. The molecule has 2 aromatic heterocycles. The van der Waals surface area contributed by atoms with E-state index in [1.807, 2.05) is 29.6 Å². The van der Waals surface area contributed by atoms with Crippen LogP contribution in [0.15, 0.2) is 33.4 Å². The average molecular weight is 289 g/mol. The van der Waals surface area contributed by atoms with E-state index in [4.69, 9.17) is 0 Å². The van der Waals surface area contributed by atoms with Gasteiger partial charge >= 0.3 is 0 Å². The van der Waals surface area contributed by atoms with Crippen molar-refractivity contribution in [2.24, 2.45) is 0 Å². The van der Waals surface area contributed by atoms with Crippen molar-refractivity contribution in [2.45, 2.75) is 12.5 Å². The molecule has 0 radical (unpaired) electrons. The monoisotopic (exact) mass is 288 g/mol. The van der Waals surface area contributed by atoms with Crippen molar-refractivity contribution >= 4 is 38.6 Å². The molecule has 0 amide bonds. The Balaban J connectivity index is 2.05. The molecule has 0 saturated heterocycles. The third-order valence-corrected chi connectivity index (χ3v) is 4.51. The van der Waals surface area contributed by atoms with E-state index in [2.05, 4.69) is 15.9 Å². The van der Waals surface area contributed by atoms with Crippen molar-refractivity contribution in [3.05, 3.63) is 43.2 Å². The van der Waals surface area contributed by atoms with Crippen LogP contribution in [-0.4, -0.2) is 5.11 Å². The summed E-state index contributed by atoms with van der Waals surface area (Å²) in [5, 5.41) is 11.9. The van der Waals surface area contributed by atoms with Crippen LogP contribution in [0, 0.1) is 0 Å². The summed E-state index contributed by atoms with van der Waals surface area (Å²) in [6.07, 6.45) is 0.345. The average Bonchev–Trinajstić information content (AvgIpc) is 2.75. The summed E-state index contributed by atoms with van der Waals surface area (Å²) in [5.74, 6) is 0. The van der Waals surface area contributed by atoms with Gasteiger partial charge in [-0.15, -0.1) is 22.7 Å². The molecule has 2 aromatic rings. The van der Waals surface area contributed by atoms with Gasteiger partial charge in [0.25, 0.3) is 0 Å². The number of hydrogen-bond acceptors (Lipinski definition) is 3. The fraction of sp³-hybridized carbons (Fsp3) is 0.200. The van der Waals surface area contributed by atoms with Gasteiger partial charge in [0.05, 0.1) is 9.89 Å². The Kier molecular flexibility index (Phi) is 3.38. The van der Waals surface area contributed by atoms with Crippen molar-refractivity contribution in [1.29, 1.82) is 0 Å². The van der Waals surface area contributed by atoms with E-state index in [0.717, 1.165) is 8.66 Å². The summed E-state index contributed by atoms with van der Waals surface area (Å²) in [4.78, 5) is 2.24. The molecule has 0 aliphatic heterocycles. The molecule has 0 bridgehead atoms. The van der Waals surface area contributed by atoms with Gasteiger partial charge in [0.15, 0.2) is 0 Å². The first-order valence-corrected chi connectivity index (χ1v) is 6.70. The molecule has 0 fully saturated rings. The van der Waals surface area contributed by atoms with Gasteiger partial charge in [0.1, 0.15) is 0 Å². The fourth-order valence-electron chi connectivity index (χ4n) is 1.23. The molecule has 2 rings (SSSR count). The molecule has 1 atom stereocenters. The number of thiophene rings is 2. The Hall–Kier alpha value is -0.160. The lowest BCUT2D eigenvalue weighted by Crippen LogP contribution is -1.97. The topological polar surface area (TPSA) is 20.2 Å². The molecule has 0 saturated carbocycles. The van der Waals surface area contributed by atoms with Crippen LogP contribution >= 0.6 is 38.6 Å². The van der Waals surface area contributed by atoms with Gasteiger partial charge in [0, 0.05) is 16.2 Å². The minimum absolute atomic E-state index is 0.361. The first-order chi connectivity index (χ1) is 6.75. The molecule has 14 heavy (non-hydrogen) atoms. The van der Waals surface area contributed by atoms with E-state index in [9.17, 15) is 5.11 Å². The Labute approximate surface area is 99.2 Å². The summed E-state index contributed by atoms with van der Waals surface area (Å²) < 4.78 is 1.12. The number of aliphatic hydroxyl groups is 1. The lowest BCUT2D eigenvalue weighted by Gasteiger charge is -2.05. The lowest BCUT2D eigenvalue weighted by molar-refractivity contribution is 0.183. The maximum Gasteiger partial charge on any atom is 0.0930 e. The van der Waals surface area contributed by atoms with Crippen LogP contribution in [0.25, 0.3) is 0 Å². The van der Waals surface area contributed by atoms with Gasteiger partial charge in [-0.25, -0.2) is 0 Å².